The lowest BCUT2D eigenvalue weighted by Gasteiger charge is -2.00. The second-order valence-corrected chi connectivity index (χ2v) is 4.93. The van der Waals surface area contributed by atoms with Crippen molar-refractivity contribution in [2.75, 3.05) is 6.54 Å². The minimum atomic E-state index is 0.708. The minimum Gasteiger partial charge on any atom is -0.330 e. The van der Waals surface area contributed by atoms with Gasteiger partial charge >= 0.3 is 0 Å². The molecule has 0 rings (SSSR count). The summed E-state index contributed by atoms with van der Waals surface area (Å²) in [7, 11) is 0. The van der Waals surface area contributed by atoms with Gasteiger partial charge in [0.15, 0.2) is 0 Å². The summed E-state index contributed by atoms with van der Waals surface area (Å²) in [6.45, 7) is 5.12. The lowest BCUT2D eigenvalue weighted by atomic mass is 10.1. The van der Waals surface area contributed by atoms with Gasteiger partial charge in [-0.05, 0) is 19.4 Å². The van der Waals surface area contributed by atoms with Crippen molar-refractivity contribution in [3.63, 3.8) is 0 Å². The summed E-state index contributed by atoms with van der Waals surface area (Å²) in [4.78, 5) is 9.40. The second-order valence-electron chi connectivity index (χ2n) is 4.93. The van der Waals surface area contributed by atoms with Crippen molar-refractivity contribution in [2.24, 2.45) is 5.73 Å². The van der Waals surface area contributed by atoms with E-state index in [-0.39, 0.29) is 0 Å². The standard InChI is InChI=1S/C12H27N.C4H8O/c1-2-3-4-5-6-7-8-9-10-11-12-13;1-2-3-4-5/h2-13H2,1H3;4H,2-3H2,1H3. The van der Waals surface area contributed by atoms with Crippen molar-refractivity contribution in [1.29, 1.82) is 0 Å². The smallest absolute Gasteiger partial charge is 0.119 e. The van der Waals surface area contributed by atoms with Crippen molar-refractivity contribution in [3.8, 4) is 0 Å². The zero-order valence-electron chi connectivity index (χ0n) is 12.8. The molecule has 2 N–H and O–H groups in total. The van der Waals surface area contributed by atoms with Gasteiger partial charge in [-0.25, -0.2) is 0 Å². The normalized spacial score (nSPS) is 9.72. The Balaban J connectivity index is 0. The van der Waals surface area contributed by atoms with E-state index in [1.165, 1.54) is 64.2 Å². The lowest BCUT2D eigenvalue weighted by Crippen LogP contribution is -1.97. The van der Waals surface area contributed by atoms with Crippen LogP contribution in [0.25, 0.3) is 0 Å². The van der Waals surface area contributed by atoms with Crippen molar-refractivity contribution in [1.82, 2.24) is 0 Å². The van der Waals surface area contributed by atoms with Gasteiger partial charge in [0.2, 0.25) is 0 Å². The fourth-order valence-electron chi connectivity index (χ4n) is 1.75. The molecule has 2 nitrogen and oxygen atoms in total. The van der Waals surface area contributed by atoms with Crippen molar-refractivity contribution in [2.45, 2.75) is 90.9 Å². The third kappa shape index (κ3) is 24.7. The maximum absolute atomic E-state index is 9.40. The van der Waals surface area contributed by atoms with E-state index in [9.17, 15) is 4.79 Å². The first-order chi connectivity index (χ1) is 8.83. The molecule has 0 atom stereocenters. The van der Waals surface area contributed by atoms with Gasteiger partial charge in [0, 0.05) is 6.42 Å². The van der Waals surface area contributed by atoms with Gasteiger partial charge in [-0.1, -0.05) is 71.6 Å². The zero-order chi connectivity index (χ0) is 13.9. The lowest BCUT2D eigenvalue weighted by molar-refractivity contribution is -0.107. The number of aldehydes is 1. The highest BCUT2D eigenvalue weighted by molar-refractivity contribution is 5.48. The Kier molecular flexibility index (Phi) is 24.2. The molecule has 0 bridgehead atoms. The third-order valence-corrected chi connectivity index (χ3v) is 2.96. The van der Waals surface area contributed by atoms with Crippen LogP contribution < -0.4 is 5.73 Å². The molecular weight excluding hydrogens is 222 g/mol. The van der Waals surface area contributed by atoms with Crippen LogP contribution in [0.15, 0.2) is 0 Å². The molecule has 0 fully saturated rings. The van der Waals surface area contributed by atoms with E-state index in [1.807, 2.05) is 6.92 Å². The van der Waals surface area contributed by atoms with E-state index in [0.29, 0.717) is 6.42 Å². The number of carbonyl (C=O) groups is 1. The summed E-state index contributed by atoms with van der Waals surface area (Å²) < 4.78 is 0. The number of carbonyl (C=O) groups excluding carboxylic acids is 1. The molecule has 0 saturated carbocycles. The zero-order valence-corrected chi connectivity index (χ0v) is 12.8. The first kappa shape index (κ1) is 20.0. The molecule has 2 heteroatoms. The summed E-state index contributed by atoms with van der Waals surface area (Å²) in [5.74, 6) is 0. The van der Waals surface area contributed by atoms with E-state index in [4.69, 9.17) is 5.73 Å². The summed E-state index contributed by atoms with van der Waals surface area (Å²) >= 11 is 0. The van der Waals surface area contributed by atoms with Gasteiger partial charge in [0.1, 0.15) is 6.29 Å². The third-order valence-electron chi connectivity index (χ3n) is 2.96. The molecular formula is C16H35NO. The first-order valence-electron chi connectivity index (χ1n) is 7.97. The summed E-state index contributed by atoms with van der Waals surface area (Å²) in [6.07, 6.45) is 16.5. The van der Waals surface area contributed by atoms with Crippen LogP contribution in [0.3, 0.4) is 0 Å². The van der Waals surface area contributed by atoms with Crippen LogP contribution in [0.4, 0.5) is 0 Å². The average Bonchev–Trinajstić information content (AvgIpc) is 2.39. The van der Waals surface area contributed by atoms with Crippen LogP contribution in [0.5, 0.6) is 0 Å². The van der Waals surface area contributed by atoms with Gasteiger partial charge in [0.05, 0.1) is 0 Å². The minimum absolute atomic E-state index is 0.708. The van der Waals surface area contributed by atoms with Crippen LogP contribution in [-0.2, 0) is 4.79 Å². The Labute approximate surface area is 115 Å². The Morgan fingerprint density at radius 1 is 0.722 bits per heavy atom. The number of unbranched alkanes of at least 4 members (excludes halogenated alkanes) is 10. The van der Waals surface area contributed by atoms with E-state index in [0.717, 1.165) is 19.3 Å². The Morgan fingerprint density at radius 3 is 1.44 bits per heavy atom. The van der Waals surface area contributed by atoms with Gasteiger partial charge in [-0.3, -0.25) is 0 Å². The molecule has 0 radical (unpaired) electrons. The predicted octanol–water partition coefficient (Wildman–Crippen LogP) is 4.85. The fraction of sp³-hybridized carbons (Fsp3) is 0.938. The van der Waals surface area contributed by atoms with E-state index < -0.39 is 0 Å². The van der Waals surface area contributed by atoms with Crippen molar-refractivity contribution < 1.29 is 4.79 Å². The van der Waals surface area contributed by atoms with Crippen molar-refractivity contribution in [3.05, 3.63) is 0 Å². The highest BCUT2D eigenvalue weighted by atomic mass is 16.1. The van der Waals surface area contributed by atoms with Gasteiger partial charge in [-0.2, -0.15) is 0 Å². The van der Waals surface area contributed by atoms with Crippen LogP contribution in [0, 0.1) is 0 Å². The van der Waals surface area contributed by atoms with Crippen LogP contribution >= 0.6 is 0 Å². The maximum Gasteiger partial charge on any atom is 0.119 e. The molecule has 0 aromatic carbocycles. The highest BCUT2D eigenvalue weighted by Gasteiger charge is 1.91. The molecule has 0 amide bonds. The number of rotatable bonds is 12. The molecule has 0 aromatic heterocycles. The maximum atomic E-state index is 9.40. The Hall–Kier alpha value is -0.370. The number of hydrogen-bond donors (Lipinski definition) is 1. The fourth-order valence-corrected chi connectivity index (χ4v) is 1.75. The molecule has 0 aliphatic rings. The monoisotopic (exact) mass is 257 g/mol. The average molecular weight is 257 g/mol. The van der Waals surface area contributed by atoms with Crippen LogP contribution in [-0.4, -0.2) is 12.8 Å². The largest absolute Gasteiger partial charge is 0.330 e. The molecule has 0 spiro atoms. The van der Waals surface area contributed by atoms with E-state index in [2.05, 4.69) is 6.92 Å². The number of hydrogen-bond acceptors (Lipinski definition) is 2. The van der Waals surface area contributed by atoms with E-state index in [1.54, 1.807) is 0 Å². The molecule has 0 aliphatic heterocycles. The van der Waals surface area contributed by atoms with Crippen molar-refractivity contribution >= 4 is 6.29 Å². The number of nitrogens with two attached hydrogens (primary N) is 1. The van der Waals surface area contributed by atoms with Crippen LogP contribution in [0.2, 0.25) is 0 Å². The molecule has 0 unspecified atom stereocenters. The van der Waals surface area contributed by atoms with Gasteiger partial charge < -0.3 is 10.5 Å². The summed E-state index contributed by atoms with van der Waals surface area (Å²) in [5.41, 5.74) is 5.42. The Bertz CT molecular complexity index is 127. The first-order valence-corrected chi connectivity index (χ1v) is 7.97. The van der Waals surface area contributed by atoms with Gasteiger partial charge in [-0.15, -0.1) is 0 Å². The van der Waals surface area contributed by atoms with Gasteiger partial charge in [0.25, 0.3) is 0 Å². The molecule has 0 aromatic rings. The predicted molar refractivity (Wildman–Crippen MR) is 81.9 cm³/mol. The summed E-state index contributed by atoms with van der Waals surface area (Å²) in [5, 5.41) is 0. The molecule has 0 saturated heterocycles. The Morgan fingerprint density at radius 2 is 1.17 bits per heavy atom. The summed E-state index contributed by atoms with van der Waals surface area (Å²) in [6, 6.07) is 0. The molecule has 0 heterocycles. The van der Waals surface area contributed by atoms with E-state index >= 15 is 0 Å². The topological polar surface area (TPSA) is 43.1 Å². The van der Waals surface area contributed by atoms with Crippen LogP contribution in [0.1, 0.15) is 90.9 Å². The highest BCUT2D eigenvalue weighted by Crippen LogP contribution is 2.09. The SMILES string of the molecule is CCCC=O.CCCCCCCCCCCCN. The second kappa shape index (κ2) is 21.9. The quantitative estimate of drug-likeness (QED) is 0.401. The molecule has 0 aliphatic carbocycles. The molecule has 18 heavy (non-hydrogen) atoms. The molecule has 110 valence electrons.